The van der Waals surface area contributed by atoms with Crippen LogP contribution in [0.2, 0.25) is 0 Å². The topological polar surface area (TPSA) is 107 Å². The zero-order chi connectivity index (χ0) is 23.4. The van der Waals surface area contributed by atoms with Crippen molar-refractivity contribution < 1.29 is 13.2 Å². The number of aromatic nitrogens is 2. The van der Waals surface area contributed by atoms with Crippen molar-refractivity contribution in [1.29, 1.82) is 0 Å². The summed E-state index contributed by atoms with van der Waals surface area (Å²) in [5, 5.41) is 12.5. The molecule has 0 saturated heterocycles. The first-order valence-electron chi connectivity index (χ1n) is 10.1. The molecule has 7 nitrogen and oxygen atoms in total. The Morgan fingerprint density at radius 1 is 0.970 bits per heavy atom. The minimum Gasteiger partial charge on any atom is -0.323 e. The fraction of sp³-hybridized carbons (Fsp3) is 0.0400. The van der Waals surface area contributed by atoms with Gasteiger partial charge in [-0.25, -0.2) is 18.2 Å². The van der Waals surface area contributed by atoms with Crippen molar-refractivity contribution in [2.24, 2.45) is 5.14 Å². The van der Waals surface area contributed by atoms with E-state index in [2.05, 4.69) is 5.32 Å². The van der Waals surface area contributed by atoms with Gasteiger partial charge in [0.25, 0.3) is 0 Å². The Hall–Kier alpha value is -4.01. The van der Waals surface area contributed by atoms with E-state index in [4.69, 9.17) is 10.2 Å². The predicted molar refractivity (Wildman–Crippen MR) is 129 cm³/mol. The lowest BCUT2D eigenvalue weighted by Crippen LogP contribution is -2.12. The van der Waals surface area contributed by atoms with Gasteiger partial charge in [0.1, 0.15) is 0 Å². The molecule has 0 aliphatic carbocycles. The average Bonchev–Trinajstić information content (AvgIpc) is 3.23. The highest BCUT2D eigenvalue weighted by Gasteiger charge is 2.11. The maximum absolute atomic E-state index is 12.5. The average molecular weight is 459 g/mol. The number of nitrogens with zero attached hydrogens (tertiary/aromatic N) is 2. The Balaban J connectivity index is 1.60. The molecular weight excluding hydrogens is 436 g/mol. The number of nitrogens with two attached hydrogens (primary N) is 1. The summed E-state index contributed by atoms with van der Waals surface area (Å²) in [4.78, 5) is 12.4. The summed E-state index contributed by atoms with van der Waals surface area (Å²) < 4.78 is 24.5. The maximum atomic E-state index is 12.5. The number of sulfonamides is 1. The van der Waals surface area contributed by atoms with Gasteiger partial charge in [0.2, 0.25) is 15.9 Å². The van der Waals surface area contributed by atoms with E-state index in [0.717, 1.165) is 28.1 Å². The van der Waals surface area contributed by atoms with E-state index in [1.165, 1.54) is 30.3 Å². The molecule has 1 amide bonds. The first-order valence-corrected chi connectivity index (χ1v) is 11.7. The molecule has 1 aromatic heterocycles. The number of carbonyl (C=O) groups is 1. The number of anilines is 1. The molecule has 0 fully saturated rings. The highest BCUT2D eigenvalue weighted by Crippen LogP contribution is 2.25. The minimum absolute atomic E-state index is 0.0212. The smallest absolute Gasteiger partial charge is 0.248 e. The number of para-hydroxylation sites is 1. The van der Waals surface area contributed by atoms with E-state index in [1.54, 1.807) is 10.8 Å². The number of aryl methyl sites for hydroxylation is 1. The van der Waals surface area contributed by atoms with Crippen molar-refractivity contribution in [2.45, 2.75) is 11.8 Å². The van der Waals surface area contributed by atoms with Crippen LogP contribution in [-0.4, -0.2) is 24.1 Å². The molecule has 4 aromatic rings. The van der Waals surface area contributed by atoms with Crippen molar-refractivity contribution in [3.8, 4) is 16.9 Å². The van der Waals surface area contributed by atoms with E-state index >= 15 is 0 Å². The van der Waals surface area contributed by atoms with Crippen molar-refractivity contribution in [1.82, 2.24) is 9.78 Å². The molecule has 3 aromatic carbocycles. The summed E-state index contributed by atoms with van der Waals surface area (Å²) in [6.07, 6.45) is 4.99. The zero-order valence-corrected chi connectivity index (χ0v) is 18.7. The van der Waals surface area contributed by atoms with Crippen LogP contribution in [0.3, 0.4) is 0 Å². The maximum Gasteiger partial charge on any atom is 0.248 e. The Kier molecular flexibility index (Phi) is 6.21. The highest BCUT2D eigenvalue weighted by atomic mass is 32.2. The second-order valence-electron chi connectivity index (χ2n) is 7.47. The van der Waals surface area contributed by atoms with Crippen LogP contribution in [0.1, 0.15) is 11.1 Å². The molecule has 4 rings (SSSR count). The van der Waals surface area contributed by atoms with E-state index < -0.39 is 10.0 Å². The number of rotatable bonds is 6. The Morgan fingerprint density at radius 3 is 2.27 bits per heavy atom. The molecule has 0 unspecified atom stereocenters. The molecule has 0 aliphatic rings. The lowest BCUT2D eigenvalue weighted by molar-refractivity contribution is -0.111. The van der Waals surface area contributed by atoms with Crippen molar-refractivity contribution in [3.63, 3.8) is 0 Å². The highest BCUT2D eigenvalue weighted by molar-refractivity contribution is 7.89. The molecule has 0 atom stereocenters. The first-order chi connectivity index (χ1) is 15.8. The van der Waals surface area contributed by atoms with Gasteiger partial charge in [-0.05, 0) is 49.4 Å². The number of primary sulfonamides is 1. The molecule has 8 heteroatoms. The van der Waals surface area contributed by atoms with E-state index in [-0.39, 0.29) is 10.8 Å². The summed E-state index contributed by atoms with van der Waals surface area (Å²) >= 11 is 0. The molecule has 33 heavy (non-hydrogen) atoms. The van der Waals surface area contributed by atoms with Crippen molar-refractivity contribution in [2.75, 3.05) is 5.32 Å². The van der Waals surface area contributed by atoms with Gasteiger partial charge in [-0.3, -0.25) is 4.79 Å². The largest absolute Gasteiger partial charge is 0.323 e. The second-order valence-corrected chi connectivity index (χ2v) is 9.03. The third-order valence-electron chi connectivity index (χ3n) is 4.95. The van der Waals surface area contributed by atoms with E-state index in [0.29, 0.717) is 5.69 Å². The van der Waals surface area contributed by atoms with Crippen LogP contribution in [0.5, 0.6) is 0 Å². The molecule has 0 aliphatic heterocycles. The van der Waals surface area contributed by atoms with Gasteiger partial charge in [0.15, 0.2) is 0 Å². The molecule has 1 heterocycles. The van der Waals surface area contributed by atoms with Gasteiger partial charge in [0.05, 0.1) is 16.3 Å². The summed E-state index contributed by atoms with van der Waals surface area (Å²) in [7, 11) is -3.78. The number of hydrogen-bond acceptors (Lipinski definition) is 4. The minimum atomic E-state index is -3.78. The number of carbonyl (C=O) groups excluding carboxylic acids is 1. The fourth-order valence-corrected chi connectivity index (χ4v) is 3.75. The van der Waals surface area contributed by atoms with Crippen LogP contribution in [0.15, 0.2) is 96.0 Å². The predicted octanol–water partition coefficient (Wildman–Crippen LogP) is 4.15. The molecule has 0 bridgehead atoms. The summed E-state index contributed by atoms with van der Waals surface area (Å²) in [6, 6.07) is 23.4. The normalized spacial score (nSPS) is 11.6. The van der Waals surface area contributed by atoms with Crippen molar-refractivity contribution >= 4 is 27.7 Å². The van der Waals surface area contributed by atoms with Crippen LogP contribution < -0.4 is 10.5 Å². The Bertz CT molecular complexity index is 1410. The van der Waals surface area contributed by atoms with Gasteiger partial charge in [-0.15, -0.1) is 0 Å². The lowest BCUT2D eigenvalue weighted by Gasteiger charge is -2.03. The quantitative estimate of drug-likeness (QED) is 0.423. The van der Waals surface area contributed by atoms with Gasteiger partial charge >= 0.3 is 0 Å². The van der Waals surface area contributed by atoms with Crippen molar-refractivity contribution in [3.05, 3.63) is 102 Å². The molecule has 3 N–H and O–H groups in total. The lowest BCUT2D eigenvalue weighted by atomic mass is 10.1. The number of hydrogen-bond donors (Lipinski definition) is 2. The zero-order valence-electron chi connectivity index (χ0n) is 17.8. The van der Waals surface area contributed by atoms with Crippen LogP contribution >= 0.6 is 0 Å². The van der Waals surface area contributed by atoms with Crippen LogP contribution in [0.25, 0.3) is 23.0 Å². The third kappa shape index (κ3) is 5.43. The van der Waals surface area contributed by atoms with Gasteiger partial charge < -0.3 is 5.32 Å². The Labute approximate surface area is 192 Å². The van der Waals surface area contributed by atoms with Gasteiger partial charge in [0, 0.05) is 29.1 Å². The van der Waals surface area contributed by atoms with E-state index in [9.17, 15) is 13.2 Å². The monoisotopic (exact) mass is 458 g/mol. The standard InChI is InChI=1S/C25H22N4O3S/c1-18-7-9-19(10-8-18)25-20(17-29(28-25)22-5-3-2-4-6-22)11-16-24(30)27-21-12-14-23(15-13-21)33(26,31)32/h2-17H,1H3,(H,27,30)(H2,26,31,32). The number of amides is 1. The summed E-state index contributed by atoms with van der Waals surface area (Å²) in [6.45, 7) is 2.02. The number of nitrogens with one attached hydrogen (secondary N) is 1. The SMILES string of the molecule is Cc1ccc(-c2nn(-c3ccccc3)cc2C=CC(=O)Nc2ccc(S(N)(=O)=O)cc2)cc1. The summed E-state index contributed by atoms with van der Waals surface area (Å²) in [5.41, 5.74) is 4.98. The fourth-order valence-electron chi connectivity index (χ4n) is 3.24. The van der Waals surface area contributed by atoms with Crippen LogP contribution in [0, 0.1) is 6.92 Å². The molecule has 0 saturated carbocycles. The summed E-state index contributed by atoms with van der Waals surface area (Å²) in [5.74, 6) is -0.360. The number of benzene rings is 3. The third-order valence-corrected chi connectivity index (χ3v) is 5.88. The van der Waals surface area contributed by atoms with Gasteiger partial charge in [-0.1, -0.05) is 48.0 Å². The van der Waals surface area contributed by atoms with Gasteiger partial charge in [-0.2, -0.15) is 5.10 Å². The van der Waals surface area contributed by atoms with E-state index in [1.807, 2.05) is 67.7 Å². The van der Waals surface area contributed by atoms with Crippen LogP contribution in [0.4, 0.5) is 5.69 Å². The first kappa shape index (κ1) is 22.2. The Morgan fingerprint density at radius 2 is 1.64 bits per heavy atom. The molecule has 166 valence electrons. The second kappa shape index (κ2) is 9.23. The molecule has 0 spiro atoms. The van der Waals surface area contributed by atoms with Crippen LogP contribution in [-0.2, 0) is 14.8 Å². The molecular formula is C25H22N4O3S. The molecule has 0 radical (unpaired) electrons.